The average Bonchev–Trinajstić information content (AvgIpc) is 2.38. The first-order chi connectivity index (χ1) is 8.75. The molecule has 0 bridgehead atoms. The van der Waals surface area contributed by atoms with Crippen LogP contribution >= 0.6 is 23.2 Å². The Labute approximate surface area is 116 Å². The molecule has 0 amide bonds. The van der Waals surface area contributed by atoms with Crippen molar-refractivity contribution in [1.29, 1.82) is 0 Å². The van der Waals surface area contributed by atoms with Crippen molar-refractivity contribution in [2.24, 2.45) is 4.99 Å². The van der Waals surface area contributed by atoms with Crippen LogP contribution < -0.4 is 0 Å². The minimum Gasteiger partial charge on any atom is -0.255 e. The van der Waals surface area contributed by atoms with Gasteiger partial charge in [0.1, 0.15) is 0 Å². The van der Waals surface area contributed by atoms with Gasteiger partial charge in [0.05, 0.1) is 10.7 Å². The number of rotatable bonds is 3. The van der Waals surface area contributed by atoms with E-state index < -0.39 is 0 Å². The van der Waals surface area contributed by atoms with Crippen LogP contribution in [-0.2, 0) is 0 Å². The molecule has 2 aromatic rings. The van der Waals surface area contributed by atoms with Gasteiger partial charge in [-0.2, -0.15) is 0 Å². The molecule has 0 aliphatic carbocycles. The third kappa shape index (κ3) is 3.73. The number of hydrogen-bond donors (Lipinski definition) is 0. The van der Waals surface area contributed by atoms with Gasteiger partial charge in [-0.25, -0.2) is 0 Å². The molecule has 0 atom stereocenters. The van der Waals surface area contributed by atoms with Crippen molar-refractivity contribution in [3.05, 3.63) is 70.2 Å². The molecular formula is C15H11Cl2N. The Morgan fingerprint density at radius 2 is 1.72 bits per heavy atom. The standard InChI is InChI=1S/C15H11Cl2N/c16-13-8-9-15(14(17)11-13)18-10-4-7-12-5-2-1-3-6-12/h1-11H/b7-4+,18-10?. The summed E-state index contributed by atoms with van der Waals surface area (Å²) in [7, 11) is 0. The van der Waals surface area contributed by atoms with E-state index >= 15 is 0 Å². The number of hydrogen-bond acceptors (Lipinski definition) is 1. The molecule has 2 aromatic carbocycles. The molecule has 0 unspecified atom stereocenters. The second-order valence-corrected chi connectivity index (χ2v) is 4.49. The predicted octanol–water partition coefficient (Wildman–Crippen LogP) is 5.41. The molecule has 18 heavy (non-hydrogen) atoms. The number of allylic oxidation sites excluding steroid dienone is 1. The summed E-state index contributed by atoms with van der Waals surface area (Å²) in [5.74, 6) is 0. The summed E-state index contributed by atoms with van der Waals surface area (Å²) < 4.78 is 0. The highest BCUT2D eigenvalue weighted by molar-refractivity contribution is 6.36. The van der Waals surface area contributed by atoms with Gasteiger partial charge >= 0.3 is 0 Å². The van der Waals surface area contributed by atoms with Crippen LogP contribution in [0.1, 0.15) is 5.56 Å². The van der Waals surface area contributed by atoms with Gasteiger partial charge in [-0.3, -0.25) is 4.99 Å². The number of halogens is 2. The van der Waals surface area contributed by atoms with E-state index in [0.29, 0.717) is 15.7 Å². The Balaban J connectivity index is 2.06. The van der Waals surface area contributed by atoms with Crippen LogP contribution in [0.25, 0.3) is 6.08 Å². The van der Waals surface area contributed by atoms with Gasteiger partial charge in [0.25, 0.3) is 0 Å². The molecule has 0 spiro atoms. The number of benzene rings is 2. The van der Waals surface area contributed by atoms with E-state index in [1.807, 2.05) is 42.5 Å². The molecule has 0 aliphatic heterocycles. The summed E-state index contributed by atoms with van der Waals surface area (Å²) in [6, 6.07) is 15.3. The van der Waals surface area contributed by atoms with Gasteiger partial charge in [0, 0.05) is 11.2 Å². The predicted molar refractivity (Wildman–Crippen MR) is 80.1 cm³/mol. The molecule has 0 saturated carbocycles. The van der Waals surface area contributed by atoms with Crippen LogP contribution in [-0.4, -0.2) is 6.21 Å². The van der Waals surface area contributed by atoms with Crippen molar-refractivity contribution in [2.75, 3.05) is 0 Å². The Bertz CT molecular complexity index is 574. The largest absolute Gasteiger partial charge is 0.255 e. The van der Waals surface area contributed by atoms with E-state index in [9.17, 15) is 0 Å². The highest BCUT2D eigenvalue weighted by Crippen LogP contribution is 2.27. The van der Waals surface area contributed by atoms with E-state index in [-0.39, 0.29) is 0 Å². The smallest absolute Gasteiger partial charge is 0.0816 e. The molecule has 2 rings (SSSR count). The maximum atomic E-state index is 6.00. The lowest BCUT2D eigenvalue weighted by Crippen LogP contribution is -1.72. The van der Waals surface area contributed by atoms with Crippen LogP contribution in [0.5, 0.6) is 0 Å². The Kier molecular flexibility index (Phi) is 4.57. The van der Waals surface area contributed by atoms with E-state index in [4.69, 9.17) is 23.2 Å². The van der Waals surface area contributed by atoms with Crippen molar-refractivity contribution in [2.45, 2.75) is 0 Å². The first-order valence-electron chi connectivity index (χ1n) is 5.46. The van der Waals surface area contributed by atoms with Gasteiger partial charge in [-0.05, 0) is 29.8 Å². The normalized spacial score (nSPS) is 11.4. The molecule has 0 fully saturated rings. The quantitative estimate of drug-likeness (QED) is 0.665. The average molecular weight is 276 g/mol. The molecule has 0 heterocycles. The highest BCUT2D eigenvalue weighted by atomic mass is 35.5. The maximum Gasteiger partial charge on any atom is 0.0816 e. The van der Waals surface area contributed by atoms with E-state index in [2.05, 4.69) is 4.99 Å². The minimum absolute atomic E-state index is 0.548. The summed E-state index contributed by atoms with van der Waals surface area (Å²) in [5.41, 5.74) is 1.84. The van der Waals surface area contributed by atoms with Gasteiger partial charge in [-0.15, -0.1) is 0 Å². The van der Waals surface area contributed by atoms with Crippen molar-refractivity contribution in [1.82, 2.24) is 0 Å². The molecule has 0 radical (unpaired) electrons. The third-order valence-electron chi connectivity index (χ3n) is 2.30. The fraction of sp³-hybridized carbons (Fsp3) is 0. The summed E-state index contributed by atoms with van der Waals surface area (Å²) in [4.78, 5) is 4.26. The Hall–Kier alpha value is -1.57. The number of nitrogens with zero attached hydrogens (tertiary/aromatic N) is 1. The van der Waals surface area contributed by atoms with Crippen LogP contribution in [0.4, 0.5) is 5.69 Å². The lowest BCUT2D eigenvalue weighted by molar-refractivity contribution is 1.54. The SMILES string of the molecule is Clc1ccc(N=C/C=C/c2ccccc2)c(Cl)c1. The zero-order valence-electron chi connectivity index (χ0n) is 9.55. The molecule has 0 N–H and O–H groups in total. The Morgan fingerprint density at radius 3 is 2.44 bits per heavy atom. The molecule has 3 heteroatoms. The van der Waals surface area contributed by atoms with Crippen molar-refractivity contribution < 1.29 is 0 Å². The zero-order chi connectivity index (χ0) is 12.8. The van der Waals surface area contributed by atoms with Gasteiger partial charge in [0.15, 0.2) is 0 Å². The zero-order valence-corrected chi connectivity index (χ0v) is 11.1. The minimum atomic E-state index is 0.548. The first-order valence-corrected chi connectivity index (χ1v) is 6.22. The molecule has 1 nitrogen and oxygen atoms in total. The first kappa shape index (κ1) is 12.9. The topological polar surface area (TPSA) is 12.4 Å². The summed E-state index contributed by atoms with van der Waals surface area (Å²) in [5, 5.41) is 1.16. The molecule has 0 aromatic heterocycles. The second kappa shape index (κ2) is 6.39. The summed E-state index contributed by atoms with van der Waals surface area (Å²) in [6.45, 7) is 0. The maximum absolute atomic E-state index is 6.00. The van der Waals surface area contributed by atoms with Gasteiger partial charge in [-0.1, -0.05) is 59.6 Å². The number of aliphatic imine (C=N–C) groups is 1. The molecule has 0 aliphatic rings. The van der Waals surface area contributed by atoms with Crippen molar-refractivity contribution in [3.8, 4) is 0 Å². The van der Waals surface area contributed by atoms with Crippen LogP contribution in [0.15, 0.2) is 59.6 Å². The van der Waals surface area contributed by atoms with E-state index in [1.165, 1.54) is 0 Å². The van der Waals surface area contributed by atoms with Gasteiger partial charge in [0.2, 0.25) is 0 Å². The second-order valence-electron chi connectivity index (χ2n) is 3.64. The monoisotopic (exact) mass is 275 g/mol. The fourth-order valence-electron chi connectivity index (χ4n) is 1.43. The molecule has 90 valence electrons. The van der Waals surface area contributed by atoms with Gasteiger partial charge < -0.3 is 0 Å². The fourth-order valence-corrected chi connectivity index (χ4v) is 1.88. The lowest BCUT2D eigenvalue weighted by atomic mass is 10.2. The van der Waals surface area contributed by atoms with E-state index in [0.717, 1.165) is 5.56 Å². The highest BCUT2D eigenvalue weighted by Gasteiger charge is 1.97. The van der Waals surface area contributed by atoms with Crippen LogP contribution in [0.3, 0.4) is 0 Å². The third-order valence-corrected chi connectivity index (χ3v) is 2.84. The lowest BCUT2D eigenvalue weighted by Gasteiger charge is -1.96. The van der Waals surface area contributed by atoms with Crippen molar-refractivity contribution in [3.63, 3.8) is 0 Å². The van der Waals surface area contributed by atoms with Crippen LogP contribution in [0.2, 0.25) is 10.0 Å². The van der Waals surface area contributed by atoms with E-state index in [1.54, 1.807) is 24.4 Å². The summed E-state index contributed by atoms with van der Waals surface area (Å²) >= 11 is 11.8. The summed E-state index contributed by atoms with van der Waals surface area (Å²) in [6.07, 6.45) is 5.57. The van der Waals surface area contributed by atoms with Crippen molar-refractivity contribution >= 4 is 41.2 Å². The molecule has 0 saturated heterocycles. The van der Waals surface area contributed by atoms with Crippen LogP contribution in [0, 0.1) is 0 Å². The Morgan fingerprint density at radius 1 is 0.944 bits per heavy atom. The molecular weight excluding hydrogens is 265 g/mol.